The zero-order valence-corrected chi connectivity index (χ0v) is 17.4. The van der Waals surface area contributed by atoms with E-state index in [0.717, 1.165) is 46.5 Å². The summed E-state index contributed by atoms with van der Waals surface area (Å²) in [5, 5.41) is 25.6. The molecule has 0 fully saturated rings. The number of hydrogen-bond donors (Lipinski definition) is 1. The highest BCUT2D eigenvalue weighted by atomic mass is 19.1. The first-order valence-corrected chi connectivity index (χ1v) is 10.5. The molecule has 0 spiro atoms. The third kappa shape index (κ3) is 3.23. The van der Waals surface area contributed by atoms with Crippen LogP contribution in [0.15, 0.2) is 65.8 Å². The van der Waals surface area contributed by atoms with Gasteiger partial charge in [-0.2, -0.15) is 10.4 Å². The molecular weight excluding hydrogens is 405 g/mol. The number of benzene rings is 3. The summed E-state index contributed by atoms with van der Waals surface area (Å²) >= 11 is 0. The minimum absolute atomic E-state index is 0.0830. The smallest absolute Gasteiger partial charge is 0.335 e. The fourth-order valence-electron chi connectivity index (χ4n) is 4.78. The number of fused-ring (bicyclic) bond motifs is 3. The van der Waals surface area contributed by atoms with Crippen LogP contribution in [0.4, 0.5) is 10.1 Å². The number of nitriles is 1. The second kappa shape index (κ2) is 7.61. The molecule has 0 saturated heterocycles. The topological polar surface area (TPSA) is 76.7 Å². The third-order valence-electron chi connectivity index (χ3n) is 6.37. The van der Waals surface area contributed by atoms with Crippen LogP contribution in [0.2, 0.25) is 0 Å². The molecule has 5 rings (SSSR count). The minimum atomic E-state index is -0.942. The lowest BCUT2D eigenvalue weighted by atomic mass is 9.77. The number of nitrogens with zero attached hydrogens (tertiary/aromatic N) is 3. The number of hydrogen-bond acceptors (Lipinski definition) is 4. The Morgan fingerprint density at radius 2 is 1.94 bits per heavy atom. The highest BCUT2D eigenvalue weighted by Crippen LogP contribution is 2.45. The van der Waals surface area contributed by atoms with Crippen LogP contribution in [0.3, 0.4) is 0 Å². The number of carboxylic acid groups (broad SMARTS) is 1. The quantitative estimate of drug-likeness (QED) is 0.623. The SMILES string of the molecule is Cc1cc(N2N=C3c4ccc(C(=O)O)cc4CC[C@H]3[C@H]2c2ccc(F)cc2)ccc1C#N. The highest BCUT2D eigenvalue weighted by Gasteiger charge is 2.42. The Bertz CT molecular complexity index is 1310. The van der Waals surface area contributed by atoms with E-state index in [-0.39, 0.29) is 23.3 Å². The van der Waals surface area contributed by atoms with E-state index in [9.17, 15) is 19.6 Å². The van der Waals surface area contributed by atoms with Crippen molar-refractivity contribution in [3.63, 3.8) is 0 Å². The number of rotatable bonds is 3. The molecule has 0 radical (unpaired) electrons. The van der Waals surface area contributed by atoms with Gasteiger partial charge < -0.3 is 5.11 Å². The van der Waals surface area contributed by atoms with Crippen molar-refractivity contribution in [3.05, 3.63) is 99.9 Å². The van der Waals surface area contributed by atoms with Crippen molar-refractivity contribution in [2.75, 3.05) is 5.01 Å². The van der Waals surface area contributed by atoms with E-state index in [1.54, 1.807) is 30.3 Å². The summed E-state index contributed by atoms with van der Waals surface area (Å²) < 4.78 is 13.6. The molecule has 2 aliphatic rings. The lowest BCUT2D eigenvalue weighted by Gasteiger charge is -2.31. The Balaban J connectivity index is 1.64. The zero-order chi connectivity index (χ0) is 22.4. The molecule has 0 saturated carbocycles. The van der Waals surface area contributed by atoms with Crippen LogP contribution < -0.4 is 5.01 Å². The van der Waals surface area contributed by atoms with Crippen molar-refractivity contribution in [3.8, 4) is 6.07 Å². The fraction of sp³-hybridized carbons (Fsp3) is 0.192. The van der Waals surface area contributed by atoms with Crippen molar-refractivity contribution in [2.24, 2.45) is 11.0 Å². The van der Waals surface area contributed by atoms with Gasteiger partial charge in [-0.25, -0.2) is 9.18 Å². The first-order valence-electron chi connectivity index (χ1n) is 10.5. The molecule has 1 N–H and O–H groups in total. The number of halogens is 1. The third-order valence-corrected chi connectivity index (χ3v) is 6.37. The normalized spacial score (nSPS) is 19.0. The number of aryl methyl sites for hydroxylation is 2. The molecule has 5 nitrogen and oxygen atoms in total. The summed E-state index contributed by atoms with van der Waals surface area (Å²) in [6.45, 7) is 1.90. The molecular formula is C26H20FN3O2. The van der Waals surface area contributed by atoms with Gasteiger partial charge in [-0.1, -0.05) is 18.2 Å². The Labute approximate surface area is 185 Å². The molecule has 6 heteroatoms. The van der Waals surface area contributed by atoms with Crippen LogP contribution in [-0.2, 0) is 6.42 Å². The van der Waals surface area contributed by atoms with Crippen molar-refractivity contribution >= 4 is 17.4 Å². The molecule has 3 aromatic carbocycles. The predicted molar refractivity (Wildman–Crippen MR) is 119 cm³/mol. The van der Waals surface area contributed by atoms with Gasteiger partial charge in [-0.15, -0.1) is 0 Å². The van der Waals surface area contributed by atoms with Gasteiger partial charge in [0.25, 0.3) is 0 Å². The molecule has 1 aliphatic heterocycles. The van der Waals surface area contributed by atoms with Gasteiger partial charge in [0.05, 0.1) is 34.6 Å². The summed E-state index contributed by atoms with van der Waals surface area (Å²) in [6, 6.07) is 19.4. The first-order chi connectivity index (χ1) is 15.5. The molecule has 0 aromatic heterocycles. The molecule has 1 heterocycles. The van der Waals surface area contributed by atoms with Crippen LogP contribution >= 0.6 is 0 Å². The summed E-state index contributed by atoms with van der Waals surface area (Å²) in [7, 11) is 0. The van der Waals surface area contributed by atoms with Crippen LogP contribution in [0.1, 0.15) is 50.6 Å². The van der Waals surface area contributed by atoms with Crippen molar-refractivity contribution < 1.29 is 14.3 Å². The molecule has 0 unspecified atom stereocenters. The maximum Gasteiger partial charge on any atom is 0.335 e. The van der Waals surface area contributed by atoms with Gasteiger partial charge in [0.1, 0.15) is 5.82 Å². The first kappa shape index (κ1) is 20.0. The second-order valence-electron chi connectivity index (χ2n) is 8.26. The molecule has 0 bridgehead atoms. The van der Waals surface area contributed by atoms with Crippen LogP contribution in [-0.4, -0.2) is 16.8 Å². The largest absolute Gasteiger partial charge is 0.478 e. The average molecular weight is 425 g/mol. The van der Waals surface area contributed by atoms with E-state index in [2.05, 4.69) is 6.07 Å². The highest BCUT2D eigenvalue weighted by molar-refractivity contribution is 6.07. The van der Waals surface area contributed by atoms with Crippen LogP contribution in [0.5, 0.6) is 0 Å². The Morgan fingerprint density at radius 3 is 2.62 bits per heavy atom. The lowest BCUT2D eigenvalue weighted by Crippen LogP contribution is -2.29. The van der Waals surface area contributed by atoms with Crippen molar-refractivity contribution in [1.29, 1.82) is 5.26 Å². The molecule has 3 aromatic rings. The summed E-state index contributed by atoms with van der Waals surface area (Å²) in [4.78, 5) is 11.4. The Kier molecular flexibility index (Phi) is 4.75. The van der Waals surface area contributed by atoms with Gasteiger partial charge >= 0.3 is 5.97 Å². The lowest BCUT2D eigenvalue weighted by molar-refractivity contribution is 0.0696. The molecule has 32 heavy (non-hydrogen) atoms. The fourth-order valence-corrected chi connectivity index (χ4v) is 4.78. The van der Waals surface area contributed by atoms with Gasteiger partial charge in [-0.05, 0) is 78.9 Å². The Morgan fingerprint density at radius 1 is 1.16 bits per heavy atom. The van der Waals surface area contributed by atoms with E-state index in [1.807, 2.05) is 30.1 Å². The number of hydrazone groups is 1. The molecule has 158 valence electrons. The van der Waals surface area contributed by atoms with E-state index in [4.69, 9.17) is 5.10 Å². The van der Waals surface area contributed by atoms with Crippen molar-refractivity contribution in [2.45, 2.75) is 25.8 Å². The van der Waals surface area contributed by atoms with Crippen LogP contribution in [0, 0.1) is 30.0 Å². The number of anilines is 1. The van der Waals surface area contributed by atoms with Crippen LogP contribution in [0.25, 0.3) is 0 Å². The van der Waals surface area contributed by atoms with Crippen molar-refractivity contribution in [1.82, 2.24) is 0 Å². The summed E-state index contributed by atoms with van der Waals surface area (Å²) in [6.07, 6.45) is 1.56. The maximum absolute atomic E-state index is 13.6. The van der Waals surface area contributed by atoms with E-state index >= 15 is 0 Å². The Hall–Kier alpha value is -3.98. The monoisotopic (exact) mass is 425 g/mol. The standard InChI is InChI=1S/C26H20FN3O2/c1-15-12-21(9-4-19(15)14-28)30-25(16-2-7-20(27)8-3-16)23-11-5-17-13-18(26(31)32)6-10-22(17)24(23)29-30/h2-4,6-10,12-13,23,25H,5,11H2,1H3,(H,31,32)/t23-,25-/m1/s1. The molecule has 0 amide bonds. The van der Waals surface area contributed by atoms with Gasteiger partial charge in [0.15, 0.2) is 0 Å². The summed E-state index contributed by atoms with van der Waals surface area (Å²) in [5.74, 6) is -1.15. The van der Waals surface area contributed by atoms with E-state index in [0.29, 0.717) is 5.56 Å². The van der Waals surface area contributed by atoms with E-state index < -0.39 is 5.97 Å². The number of carbonyl (C=O) groups is 1. The number of carboxylic acids is 1. The van der Waals surface area contributed by atoms with E-state index in [1.165, 1.54) is 12.1 Å². The average Bonchev–Trinajstić information content (AvgIpc) is 3.19. The minimum Gasteiger partial charge on any atom is -0.478 e. The summed E-state index contributed by atoms with van der Waals surface area (Å²) in [5.41, 5.74) is 6.44. The second-order valence-corrected chi connectivity index (χ2v) is 8.26. The number of aromatic carboxylic acids is 1. The van der Waals surface area contributed by atoms with Gasteiger partial charge in [0.2, 0.25) is 0 Å². The van der Waals surface area contributed by atoms with Gasteiger partial charge in [-0.3, -0.25) is 5.01 Å². The predicted octanol–water partition coefficient (Wildman–Crippen LogP) is 5.23. The molecule has 2 atom stereocenters. The maximum atomic E-state index is 13.6. The van der Waals surface area contributed by atoms with Gasteiger partial charge in [0, 0.05) is 11.5 Å². The zero-order valence-electron chi connectivity index (χ0n) is 17.4. The molecule has 1 aliphatic carbocycles.